The standard InChI is InChI=1S/C18H19N3O4/c1-18(2)8-10-6-9(4-5-12(10)25-18)11-7-13(22)19-16-14(11)15(20-21-16)17(23)24-3/h4-6,11H,7-8H2,1-3H3,(H2,19,20,21,22)/t11-/m1/s1. The Balaban J connectivity index is 1.79. The number of hydrogen-bond acceptors (Lipinski definition) is 5. The highest BCUT2D eigenvalue weighted by Crippen LogP contribution is 2.42. The van der Waals surface area contributed by atoms with E-state index in [1.807, 2.05) is 26.0 Å². The zero-order valence-corrected chi connectivity index (χ0v) is 14.3. The van der Waals surface area contributed by atoms with Crippen LogP contribution in [-0.4, -0.2) is 34.8 Å². The molecule has 2 N–H and O–H groups in total. The average Bonchev–Trinajstić information content (AvgIpc) is 3.11. The van der Waals surface area contributed by atoms with E-state index in [0.29, 0.717) is 11.4 Å². The number of nitrogens with zero attached hydrogens (tertiary/aromatic N) is 1. The van der Waals surface area contributed by atoms with Gasteiger partial charge in [-0.3, -0.25) is 9.89 Å². The van der Waals surface area contributed by atoms with Crippen molar-refractivity contribution in [3.05, 3.63) is 40.6 Å². The van der Waals surface area contributed by atoms with Gasteiger partial charge in [0, 0.05) is 24.3 Å². The Kier molecular flexibility index (Phi) is 3.35. The Labute approximate surface area is 144 Å². The quantitative estimate of drug-likeness (QED) is 0.818. The fraction of sp³-hybridized carbons (Fsp3) is 0.389. The van der Waals surface area contributed by atoms with Crippen molar-refractivity contribution in [3.63, 3.8) is 0 Å². The monoisotopic (exact) mass is 341 g/mol. The van der Waals surface area contributed by atoms with Gasteiger partial charge in [0.1, 0.15) is 17.0 Å². The van der Waals surface area contributed by atoms with Gasteiger partial charge in [-0.15, -0.1) is 0 Å². The van der Waals surface area contributed by atoms with Crippen LogP contribution < -0.4 is 10.1 Å². The molecule has 0 aliphatic carbocycles. The summed E-state index contributed by atoms with van der Waals surface area (Å²) in [5, 5.41) is 9.46. The highest BCUT2D eigenvalue weighted by atomic mass is 16.5. The van der Waals surface area contributed by atoms with E-state index in [2.05, 4.69) is 21.6 Å². The number of benzene rings is 1. The maximum atomic E-state index is 12.1. The Hall–Kier alpha value is -2.83. The first-order chi connectivity index (χ1) is 11.9. The topological polar surface area (TPSA) is 93.3 Å². The molecule has 3 heterocycles. The number of anilines is 1. The number of rotatable bonds is 2. The van der Waals surface area contributed by atoms with Crippen LogP contribution in [0.1, 0.15) is 53.4 Å². The molecule has 1 aromatic heterocycles. The Morgan fingerprint density at radius 2 is 2.20 bits per heavy atom. The predicted octanol–water partition coefficient (Wildman–Crippen LogP) is 2.38. The van der Waals surface area contributed by atoms with E-state index >= 15 is 0 Å². The molecule has 0 radical (unpaired) electrons. The number of H-pyrrole nitrogens is 1. The SMILES string of the molecule is COC(=O)c1[nH]nc2c1[C@@H](c1ccc3c(c1)CC(C)(C)O3)CC(=O)N2. The van der Waals surface area contributed by atoms with Crippen LogP contribution in [0.4, 0.5) is 5.82 Å². The van der Waals surface area contributed by atoms with Gasteiger partial charge in [0.2, 0.25) is 5.91 Å². The normalized spacial score (nSPS) is 20.3. The third-order valence-electron chi connectivity index (χ3n) is 4.68. The fourth-order valence-corrected chi connectivity index (χ4v) is 3.64. The zero-order valence-electron chi connectivity index (χ0n) is 14.3. The third kappa shape index (κ3) is 2.56. The summed E-state index contributed by atoms with van der Waals surface area (Å²) in [4.78, 5) is 24.1. The molecule has 25 heavy (non-hydrogen) atoms. The summed E-state index contributed by atoms with van der Waals surface area (Å²) in [5.74, 6) is 0.372. The number of aromatic nitrogens is 2. The molecule has 4 rings (SSSR count). The molecule has 1 aromatic carbocycles. The summed E-state index contributed by atoms with van der Waals surface area (Å²) in [6.07, 6.45) is 1.05. The molecule has 0 saturated heterocycles. The summed E-state index contributed by atoms with van der Waals surface area (Å²) in [7, 11) is 1.32. The molecule has 0 fully saturated rings. The lowest BCUT2D eigenvalue weighted by molar-refractivity contribution is -0.116. The van der Waals surface area contributed by atoms with Gasteiger partial charge in [0.05, 0.1) is 7.11 Å². The summed E-state index contributed by atoms with van der Waals surface area (Å²) < 4.78 is 10.7. The highest BCUT2D eigenvalue weighted by Gasteiger charge is 2.36. The van der Waals surface area contributed by atoms with Gasteiger partial charge in [0.15, 0.2) is 5.82 Å². The average molecular weight is 341 g/mol. The molecule has 7 nitrogen and oxygen atoms in total. The molecule has 0 spiro atoms. The van der Waals surface area contributed by atoms with Crippen molar-refractivity contribution in [3.8, 4) is 5.75 Å². The second-order valence-electron chi connectivity index (χ2n) is 7.06. The van der Waals surface area contributed by atoms with Crippen molar-refractivity contribution in [1.29, 1.82) is 0 Å². The van der Waals surface area contributed by atoms with Gasteiger partial charge >= 0.3 is 5.97 Å². The lowest BCUT2D eigenvalue weighted by Crippen LogP contribution is -2.25. The van der Waals surface area contributed by atoms with E-state index in [-0.39, 0.29) is 29.5 Å². The first-order valence-electron chi connectivity index (χ1n) is 8.16. The van der Waals surface area contributed by atoms with Crippen LogP contribution in [0.5, 0.6) is 5.75 Å². The van der Waals surface area contributed by atoms with E-state index in [1.165, 1.54) is 7.11 Å². The summed E-state index contributed by atoms with van der Waals surface area (Å²) >= 11 is 0. The van der Waals surface area contributed by atoms with Gasteiger partial charge in [-0.05, 0) is 31.0 Å². The lowest BCUT2D eigenvalue weighted by atomic mass is 9.84. The molecule has 7 heteroatoms. The number of fused-ring (bicyclic) bond motifs is 2. The largest absolute Gasteiger partial charge is 0.487 e. The molecule has 0 bridgehead atoms. The maximum Gasteiger partial charge on any atom is 0.356 e. The third-order valence-corrected chi connectivity index (χ3v) is 4.68. The molecular formula is C18H19N3O4. The maximum absolute atomic E-state index is 12.1. The van der Waals surface area contributed by atoms with E-state index in [1.54, 1.807) is 0 Å². The Morgan fingerprint density at radius 1 is 1.40 bits per heavy atom. The van der Waals surface area contributed by atoms with Gasteiger partial charge in [-0.2, -0.15) is 5.10 Å². The van der Waals surface area contributed by atoms with Crippen LogP contribution in [-0.2, 0) is 16.0 Å². The number of nitrogens with one attached hydrogen (secondary N) is 2. The number of aromatic amines is 1. The van der Waals surface area contributed by atoms with Gasteiger partial charge < -0.3 is 14.8 Å². The second-order valence-corrected chi connectivity index (χ2v) is 7.06. The molecule has 2 aliphatic heterocycles. The molecular weight excluding hydrogens is 322 g/mol. The van der Waals surface area contributed by atoms with Crippen LogP contribution >= 0.6 is 0 Å². The van der Waals surface area contributed by atoms with Crippen LogP contribution in [0.3, 0.4) is 0 Å². The van der Waals surface area contributed by atoms with Crippen molar-refractivity contribution in [2.45, 2.75) is 38.2 Å². The second kappa shape index (κ2) is 5.34. The summed E-state index contributed by atoms with van der Waals surface area (Å²) in [6, 6.07) is 5.94. The molecule has 2 aromatic rings. The number of esters is 1. The number of carbonyl (C=O) groups is 2. The number of ether oxygens (including phenoxy) is 2. The molecule has 0 unspecified atom stereocenters. The van der Waals surface area contributed by atoms with Crippen LogP contribution in [0.2, 0.25) is 0 Å². The minimum absolute atomic E-state index is 0.127. The predicted molar refractivity (Wildman–Crippen MR) is 89.9 cm³/mol. The van der Waals surface area contributed by atoms with Crippen molar-refractivity contribution in [2.24, 2.45) is 0 Å². The van der Waals surface area contributed by atoms with E-state index in [0.717, 1.165) is 23.3 Å². The van der Waals surface area contributed by atoms with Crippen molar-refractivity contribution in [1.82, 2.24) is 10.2 Å². The molecule has 0 saturated carbocycles. The molecule has 2 aliphatic rings. The lowest BCUT2D eigenvalue weighted by Gasteiger charge is -2.23. The van der Waals surface area contributed by atoms with Gasteiger partial charge in [-0.25, -0.2) is 4.79 Å². The van der Waals surface area contributed by atoms with Crippen molar-refractivity contribution < 1.29 is 19.1 Å². The minimum atomic E-state index is -0.500. The molecule has 130 valence electrons. The van der Waals surface area contributed by atoms with Crippen LogP contribution in [0.15, 0.2) is 18.2 Å². The minimum Gasteiger partial charge on any atom is -0.487 e. The van der Waals surface area contributed by atoms with Crippen LogP contribution in [0.25, 0.3) is 0 Å². The van der Waals surface area contributed by atoms with Gasteiger partial charge in [0.25, 0.3) is 0 Å². The molecule has 1 amide bonds. The van der Waals surface area contributed by atoms with Crippen molar-refractivity contribution in [2.75, 3.05) is 12.4 Å². The summed E-state index contributed by atoms with van der Waals surface area (Å²) in [6.45, 7) is 4.09. The van der Waals surface area contributed by atoms with Crippen LogP contribution in [0, 0.1) is 0 Å². The number of methoxy groups -OCH3 is 1. The summed E-state index contributed by atoms with van der Waals surface area (Å²) in [5.41, 5.74) is 2.79. The fourth-order valence-electron chi connectivity index (χ4n) is 3.64. The Morgan fingerprint density at radius 3 is 2.96 bits per heavy atom. The van der Waals surface area contributed by atoms with Crippen molar-refractivity contribution >= 4 is 17.7 Å². The zero-order chi connectivity index (χ0) is 17.8. The van der Waals surface area contributed by atoms with Gasteiger partial charge in [-0.1, -0.05) is 12.1 Å². The smallest absolute Gasteiger partial charge is 0.356 e. The first-order valence-corrected chi connectivity index (χ1v) is 8.16. The van der Waals surface area contributed by atoms with E-state index < -0.39 is 5.97 Å². The number of carbonyl (C=O) groups excluding carboxylic acids is 2. The number of amides is 1. The highest BCUT2D eigenvalue weighted by molar-refractivity contribution is 5.98. The van der Waals surface area contributed by atoms with E-state index in [9.17, 15) is 9.59 Å². The Bertz CT molecular complexity index is 884. The molecule has 1 atom stereocenters. The first kappa shape index (κ1) is 15.7. The van der Waals surface area contributed by atoms with E-state index in [4.69, 9.17) is 9.47 Å². The number of hydrogen-bond donors (Lipinski definition) is 2.